The summed E-state index contributed by atoms with van der Waals surface area (Å²) in [6.07, 6.45) is 3.07. The lowest BCUT2D eigenvalue weighted by Crippen LogP contribution is -2.31. The zero-order chi connectivity index (χ0) is 16.2. The van der Waals surface area contributed by atoms with Gasteiger partial charge in [-0.05, 0) is 29.8 Å². The Morgan fingerprint density at radius 3 is 2.61 bits per heavy atom. The van der Waals surface area contributed by atoms with Crippen LogP contribution in [0.5, 0.6) is 0 Å². The number of benzene rings is 2. The molecule has 6 heteroatoms. The topological polar surface area (TPSA) is 75.1 Å². The van der Waals surface area contributed by atoms with Crippen LogP contribution < -0.4 is 5.32 Å². The van der Waals surface area contributed by atoms with Crippen LogP contribution in [0, 0.1) is 5.82 Å². The minimum atomic E-state index is -0.630. The van der Waals surface area contributed by atoms with Crippen LogP contribution in [0.15, 0.2) is 54.9 Å². The molecule has 0 unspecified atom stereocenters. The van der Waals surface area contributed by atoms with Gasteiger partial charge in [-0.3, -0.25) is 14.8 Å². The Bertz CT molecular complexity index is 831. The van der Waals surface area contributed by atoms with Gasteiger partial charge in [0.25, 0.3) is 5.91 Å². The summed E-state index contributed by atoms with van der Waals surface area (Å²) in [4.78, 5) is 20.8. The van der Waals surface area contributed by atoms with E-state index >= 15 is 0 Å². The number of halogens is 1. The van der Waals surface area contributed by atoms with Crippen molar-refractivity contribution in [2.24, 2.45) is 0 Å². The third kappa shape index (κ3) is 3.17. The van der Waals surface area contributed by atoms with E-state index in [1.807, 2.05) is 0 Å². The normalized spacial score (nSPS) is 12.1. The number of carbonyl (C=O) groups excluding carboxylic acids is 1. The first-order chi connectivity index (χ1) is 11.2. The Morgan fingerprint density at radius 2 is 1.87 bits per heavy atom. The molecule has 0 aliphatic rings. The number of hydrogen-bond acceptors (Lipinski definition) is 4. The van der Waals surface area contributed by atoms with Crippen molar-refractivity contribution in [3.63, 3.8) is 0 Å². The van der Waals surface area contributed by atoms with Gasteiger partial charge in [0, 0.05) is 12.4 Å². The van der Waals surface area contributed by atoms with Crippen molar-refractivity contribution >= 4 is 16.9 Å². The van der Waals surface area contributed by atoms with Gasteiger partial charge in [0.05, 0.1) is 23.7 Å². The fourth-order valence-electron chi connectivity index (χ4n) is 2.34. The van der Waals surface area contributed by atoms with E-state index in [4.69, 9.17) is 0 Å². The van der Waals surface area contributed by atoms with Crippen molar-refractivity contribution < 1.29 is 14.3 Å². The number of amides is 1. The van der Waals surface area contributed by atoms with Crippen LogP contribution in [0.2, 0.25) is 0 Å². The van der Waals surface area contributed by atoms with E-state index in [1.165, 1.54) is 30.5 Å². The molecule has 116 valence electrons. The highest BCUT2D eigenvalue weighted by atomic mass is 19.1. The summed E-state index contributed by atoms with van der Waals surface area (Å²) < 4.78 is 13.0. The molecule has 0 aliphatic heterocycles. The second-order valence-electron chi connectivity index (χ2n) is 4.99. The molecular formula is C17H14FN3O2. The molecule has 0 fully saturated rings. The summed E-state index contributed by atoms with van der Waals surface area (Å²) in [5.41, 5.74) is 2.09. The first kappa shape index (κ1) is 15.1. The number of rotatable bonds is 4. The molecule has 0 bridgehead atoms. The maximum absolute atomic E-state index is 13.0. The molecule has 5 nitrogen and oxygen atoms in total. The van der Waals surface area contributed by atoms with E-state index in [2.05, 4.69) is 15.3 Å². The smallest absolute Gasteiger partial charge is 0.254 e. The third-order valence-electron chi connectivity index (χ3n) is 3.50. The number of fused-ring (bicyclic) bond motifs is 1. The van der Waals surface area contributed by atoms with Crippen molar-refractivity contribution in [2.75, 3.05) is 6.61 Å². The van der Waals surface area contributed by atoms with Gasteiger partial charge in [0.1, 0.15) is 11.3 Å². The zero-order valence-electron chi connectivity index (χ0n) is 12.1. The molecule has 0 radical (unpaired) electrons. The Kier molecular flexibility index (Phi) is 4.25. The van der Waals surface area contributed by atoms with Crippen LogP contribution in [0.1, 0.15) is 22.0 Å². The van der Waals surface area contributed by atoms with Crippen LogP contribution >= 0.6 is 0 Å². The number of nitrogens with one attached hydrogen (secondary N) is 1. The first-order valence-electron chi connectivity index (χ1n) is 7.06. The maximum atomic E-state index is 13.0. The molecule has 2 N–H and O–H groups in total. The van der Waals surface area contributed by atoms with E-state index in [0.717, 1.165) is 0 Å². The SMILES string of the molecule is O=C(N[C@@H](CO)c1ccc(F)cc1)c1cccc2nccnc12. The van der Waals surface area contributed by atoms with Gasteiger partial charge < -0.3 is 10.4 Å². The van der Waals surface area contributed by atoms with Crippen LogP contribution in [0.3, 0.4) is 0 Å². The number of aliphatic hydroxyl groups is 1. The molecule has 0 spiro atoms. The van der Waals surface area contributed by atoms with Crippen LogP contribution in [0.25, 0.3) is 11.0 Å². The molecule has 0 saturated carbocycles. The summed E-state index contributed by atoms with van der Waals surface area (Å²) in [6, 6.07) is 10.1. The number of nitrogens with zero attached hydrogens (tertiary/aromatic N) is 2. The molecular weight excluding hydrogens is 297 g/mol. The van der Waals surface area contributed by atoms with Gasteiger partial charge >= 0.3 is 0 Å². The van der Waals surface area contributed by atoms with Crippen LogP contribution in [0.4, 0.5) is 4.39 Å². The average Bonchev–Trinajstić information content (AvgIpc) is 2.60. The van der Waals surface area contributed by atoms with Gasteiger partial charge in [-0.2, -0.15) is 0 Å². The number of para-hydroxylation sites is 1. The molecule has 1 heterocycles. The predicted octanol–water partition coefficient (Wildman–Crippen LogP) is 2.23. The minimum Gasteiger partial charge on any atom is -0.394 e. The van der Waals surface area contributed by atoms with Gasteiger partial charge in [-0.25, -0.2) is 4.39 Å². The number of hydrogen-bond donors (Lipinski definition) is 2. The van der Waals surface area contributed by atoms with E-state index in [-0.39, 0.29) is 18.3 Å². The van der Waals surface area contributed by atoms with E-state index in [0.29, 0.717) is 22.2 Å². The van der Waals surface area contributed by atoms with Crippen LogP contribution in [-0.2, 0) is 0 Å². The lowest BCUT2D eigenvalue weighted by molar-refractivity contribution is 0.0917. The Hall–Kier alpha value is -2.86. The maximum Gasteiger partial charge on any atom is 0.254 e. The lowest BCUT2D eigenvalue weighted by atomic mass is 10.1. The second kappa shape index (κ2) is 6.50. The van der Waals surface area contributed by atoms with Gasteiger partial charge in [0.2, 0.25) is 0 Å². The van der Waals surface area contributed by atoms with Crippen molar-refractivity contribution in [1.82, 2.24) is 15.3 Å². The third-order valence-corrected chi connectivity index (χ3v) is 3.50. The van der Waals surface area contributed by atoms with Crippen molar-refractivity contribution in [2.45, 2.75) is 6.04 Å². The summed E-state index contributed by atoms with van der Waals surface area (Å²) in [5, 5.41) is 12.3. The largest absolute Gasteiger partial charge is 0.394 e. The van der Waals surface area contributed by atoms with Gasteiger partial charge in [-0.15, -0.1) is 0 Å². The predicted molar refractivity (Wildman–Crippen MR) is 83.2 cm³/mol. The molecule has 1 atom stereocenters. The molecule has 1 amide bonds. The lowest BCUT2D eigenvalue weighted by Gasteiger charge is -2.17. The summed E-state index contributed by atoms with van der Waals surface area (Å²) in [7, 11) is 0. The molecule has 23 heavy (non-hydrogen) atoms. The quantitative estimate of drug-likeness (QED) is 0.775. The Labute approximate surface area is 131 Å². The summed E-state index contributed by atoms with van der Waals surface area (Å²) in [6.45, 7) is -0.298. The standard InChI is InChI=1S/C17H14FN3O2/c18-12-6-4-11(5-7-12)15(10-22)21-17(23)13-2-1-3-14-16(13)20-9-8-19-14/h1-9,15,22H,10H2,(H,21,23)/t15-/m0/s1. The van der Waals surface area contributed by atoms with Crippen molar-refractivity contribution in [3.8, 4) is 0 Å². The Morgan fingerprint density at radius 1 is 1.13 bits per heavy atom. The molecule has 1 aromatic heterocycles. The zero-order valence-corrected chi connectivity index (χ0v) is 12.1. The van der Waals surface area contributed by atoms with E-state index < -0.39 is 6.04 Å². The van der Waals surface area contributed by atoms with Gasteiger partial charge in [0.15, 0.2) is 0 Å². The molecule has 0 saturated heterocycles. The van der Waals surface area contributed by atoms with Crippen molar-refractivity contribution in [3.05, 3.63) is 71.8 Å². The van der Waals surface area contributed by atoms with E-state index in [1.54, 1.807) is 24.4 Å². The highest BCUT2D eigenvalue weighted by Gasteiger charge is 2.17. The number of aromatic nitrogens is 2. The van der Waals surface area contributed by atoms with Gasteiger partial charge in [-0.1, -0.05) is 18.2 Å². The van der Waals surface area contributed by atoms with Crippen molar-refractivity contribution in [1.29, 1.82) is 0 Å². The molecule has 3 aromatic rings. The highest BCUT2D eigenvalue weighted by molar-refractivity contribution is 6.04. The fourth-order valence-corrected chi connectivity index (χ4v) is 2.34. The molecule has 3 rings (SSSR count). The summed E-state index contributed by atoms with van der Waals surface area (Å²) in [5.74, 6) is -0.749. The second-order valence-corrected chi connectivity index (χ2v) is 4.99. The number of aliphatic hydroxyl groups excluding tert-OH is 1. The average molecular weight is 311 g/mol. The van der Waals surface area contributed by atoms with E-state index in [9.17, 15) is 14.3 Å². The fraction of sp³-hybridized carbons (Fsp3) is 0.118. The Balaban J connectivity index is 1.88. The first-order valence-corrected chi connectivity index (χ1v) is 7.06. The monoisotopic (exact) mass is 311 g/mol. The summed E-state index contributed by atoms with van der Waals surface area (Å²) >= 11 is 0. The minimum absolute atomic E-state index is 0.298. The molecule has 0 aliphatic carbocycles. The highest BCUT2D eigenvalue weighted by Crippen LogP contribution is 2.17. The number of carbonyl (C=O) groups is 1. The molecule has 2 aromatic carbocycles. The van der Waals surface area contributed by atoms with Crippen LogP contribution in [-0.4, -0.2) is 27.6 Å².